The quantitative estimate of drug-likeness (QED) is 0.480. The van der Waals surface area contributed by atoms with Crippen molar-refractivity contribution in [2.45, 2.75) is 0 Å². The van der Waals surface area contributed by atoms with Gasteiger partial charge >= 0.3 is 0 Å². The van der Waals surface area contributed by atoms with Crippen LogP contribution in [0, 0.1) is 0 Å². The maximum absolute atomic E-state index is 13.4. The molecule has 0 aliphatic carbocycles. The van der Waals surface area contributed by atoms with Gasteiger partial charge in [0.05, 0.1) is 5.69 Å². The first-order valence-electron chi connectivity index (χ1n) is 9.51. The fourth-order valence-electron chi connectivity index (χ4n) is 3.79. The van der Waals surface area contributed by atoms with E-state index in [1.54, 1.807) is 6.20 Å². The Labute approximate surface area is 177 Å². The minimum Gasteiger partial charge on any atom is -0.368 e. The number of hydrogen-bond donors (Lipinski definition) is 0. The number of carbonyl (C=O) groups is 1. The molecular weight excluding hydrogens is 404 g/mol. The van der Waals surface area contributed by atoms with E-state index < -0.39 is 0 Å². The van der Waals surface area contributed by atoms with Crippen LogP contribution in [0.1, 0.15) is 9.67 Å². The van der Waals surface area contributed by atoms with E-state index in [0.29, 0.717) is 13.1 Å². The lowest BCUT2D eigenvalue weighted by Crippen LogP contribution is -2.48. The number of thiophene rings is 1. The predicted molar refractivity (Wildman–Crippen MR) is 119 cm³/mol. The smallest absolute Gasteiger partial charge is 0.266 e. The molecule has 5 rings (SSSR count). The Hall–Kier alpha value is -2.83. The summed E-state index contributed by atoms with van der Waals surface area (Å²) in [5, 5.41) is 1.74. The fourth-order valence-corrected chi connectivity index (χ4v) is 5.08. The summed E-state index contributed by atoms with van der Waals surface area (Å²) in [5.74, 6) is 0.0717. The van der Waals surface area contributed by atoms with Crippen LogP contribution in [0.5, 0.6) is 0 Å². The van der Waals surface area contributed by atoms with Gasteiger partial charge in [-0.3, -0.25) is 4.79 Å². The number of piperazine rings is 1. The third-order valence-corrected chi connectivity index (χ3v) is 6.56. The average molecular weight is 423 g/mol. The van der Waals surface area contributed by atoms with Crippen molar-refractivity contribution in [3.05, 3.63) is 77.0 Å². The zero-order valence-corrected chi connectivity index (χ0v) is 17.2. The van der Waals surface area contributed by atoms with Crippen molar-refractivity contribution in [1.29, 1.82) is 0 Å². The van der Waals surface area contributed by atoms with Crippen LogP contribution in [0.4, 0.5) is 5.69 Å². The highest BCUT2D eigenvalue weighted by molar-refractivity contribution is 7.21. The van der Waals surface area contributed by atoms with Crippen molar-refractivity contribution in [2.75, 3.05) is 31.1 Å². The van der Waals surface area contributed by atoms with Gasteiger partial charge in [0.25, 0.3) is 5.91 Å². The maximum Gasteiger partial charge on any atom is 0.266 e. The second-order valence-electron chi connectivity index (χ2n) is 6.99. The third kappa shape index (κ3) is 3.39. The lowest BCUT2D eigenvalue weighted by molar-refractivity contribution is 0.0751. The molecule has 0 spiro atoms. The van der Waals surface area contributed by atoms with E-state index in [0.717, 1.165) is 44.6 Å². The number of aromatic nitrogens is 2. The molecule has 1 aliphatic rings. The van der Waals surface area contributed by atoms with Crippen molar-refractivity contribution in [2.24, 2.45) is 0 Å². The number of nitrogens with zero attached hydrogens (tertiary/aromatic N) is 4. The lowest BCUT2D eigenvalue weighted by atomic mass is 10.2. The van der Waals surface area contributed by atoms with Gasteiger partial charge in [0.2, 0.25) is 0 Å². The van der Waals surface area contributed by atoms with Crippen molar-refractivity contribution in [3.8, 4) is 5.69 Å². The highest BCUT2D eigenvalue weighted by atomic mass is 35.5. The molecule has 0 saturated carbocycles. The van der Waals surface area contributed by atoms with Crippen molar-refractivity contribution in [3.63, 3.8) is 0 Å². The van der Waals surface area contributed by atoms with Crippen molar-refractivity contribution in [1.82, 2.24) is 14.5 Å². The molecule has 1 amide bonds. The van der Waals surface area contributed by atoms with Gasteiger partial charge in [0, 0.05) is 60.9 Å². The molecule has 0 unspecified atom stereocenters. The molecule has 5 nitrogen and oxygen atoms in total. The fraction of sp³-hybridized carbons (Fsp3) is 0.182. The van der Waals surface area contributed by atoms with E-state index >= 15 is 0 Å². The van der Waals surface area contributed by atoms with Gasteiger partial charge in [0.1, 0.15) is 9.71 Å². The van der Waals surface area contributed by atoms with Gasteiger partial charge in [-0.05, 0) is 42.5 Å². The van der Waals surface area contributed by atoms with Crippen molar-refractivity contribution >= 4 is 44.7 Å². The number of fused-ring (bicyclic) bond motifs is 1. The monoisotopic (exact) mass is 422 g/mol. The minimum absolute atomic E-state index is 0.0717. The standard InChI is InChI=1S/C22H19ClN4OS/c23-16-5-3-6-17(15-16)25-11-13-27(14-12-25)22(28)20-19(26-9-1-2-10-26)18-7-4-8-24-21(18)29-20/h1-10,15H,11-14H2. The molecule has 29 heavy (non-hydrogen) atoms. The molecule has 7 heteroatoms. The summed E-state index contributed by atoms with van der Waals surface area (Å²) in [6.07, 6.45) is 5.72. The minimum atomic E-state index is 0.0717. The molecule has 0 bridgehead atoms. The van der Waals surface area contributed by atoms with Gasteiger partial charge < -0.3 is 14.4 Å². The summed E-state index contributed by atoms with van der Waals surface area (Å²) in [4.78, 5) is 23.8. The first-order chi connectivity index (χ1) is 14.2. The van der Waals surface area contributed by atoms with E-state index in [4.69, 9.17) is 11.6 Å². The van der Waals surface area contributed by atoms with E-state index in [2.05, 4.69) is 16.0 Å². The number of halogens is 1. The summed E-state index contributed by atoms with van der Waals surface area (Å²) in [6, 6.07) is 15.8. The van der Waals surface area contributed by atoms with Gasteiger partial charge in [-0.2, -0.15) is 0 Å². The number of anilines is 1. The van der Waals surface area contributed by atoms with Crippen LogP contribution < -0.4 is 4.90 Å². The zero-order valence-electron chi connectivity index (χ0n) is 15.7. The van der Waals surface area contributed by atoms with Crippen LogP contribution in [0.2, 0.25) is 5.02 Å². The first-order valence-corrected chi connectivity index (χ1v) is 10.7. The number of benzene rings is 1. The summed E-state index contributed by atoms with van der Waals surface area (Å²) < 4.78 is 2.01. The number of rotatable bonds is 3. The van der Waals surface area contributed by atoms with Gasteiger partial charge in [-0.15, -0.1) is 11.3 Å². The highest BCUT2D eigenvalue weighted by Crippen LogP contribution is 2.34. The zero-order chi connectivity index (χ0) is 19.8. The number of pyridine rings is 1. The van der Waals surface area contributed by atoms with E-state index in [-0.39, 0.29) is 5.91 Å². The van der Waals surface area contributed by atoms with Crippen molar-refractivity contribution < 1.29 is 4.79 Å². The molecule has 1 aliphatic heterocycles. The van der Waals surface area contributed by atoms with Gasteiger partial charge in [-0.1, -0.05) is 17.7 Å². The average Bonchev–Trinajstić information content (AvgIpc) is 3.41. The lowest BCUT2D eigenvalue weighted by Gasteiger charge is -2.36. The Morgan fingerprint density at radius 1 is 1.00 bits per heavy atom. The van der Waals surface area contributed by atoms with E-state index in [1.807, 2.05) is 64.3 Å². The largest absolute Gasteiger partial charge is 0.368 e. The summed E-state index contributed by atoms with van der Waals surface area (Å²) in [5.41, 5.74) is 2.02. The number of amides is 1. The molecule has 0 N–H and O–H groups in total. The summed E-state index contributed by atoms with van der Waals surface area (Å²) in [6.45, 7) is 2.93. The van der Waals surface area contributed by atoms with Gasteiger partial charge in [0.15, 0.2) is 0 Å². The van der Waals surface area contributed by atoms with Crippen LogP contribution in [-0.2, 0) is 0 Å². The molecule has 4 heterocycles. The van der Waals surface area contributed by atoms with Crippen LogP contribution >= 0.6 is 22.9 Å². The first kappa shape index (κ1) is 18.2. The number of hydrogen-bond acceptors (Lipinski definition) is 4. The van der Waals surface area contributed by atoms with E-state index in [9.17, 15) is 4.79 Å². The Balaban J connectivity index is 1.42. The van der Waals surface area contributed by atoms with Gasteiger partial charge in [-0.25, -0.2) is 4.98 Å². The molecule has 1 aromatic carbocycles. The second-order valence-corrected chi connectivity index (χ2v) is 8.42. The Bertz CT molecular complexity index is 1160. The topological polar surface area (TPSA) is 41.4 Å². The summed E-state index contributed by atoms with van der Waals surface area (Å²) >= 11 is 7.60. The molecule has 146 valence electrons. The SMILES string of the molecule is O=C(c1sc2ncccc2c1-n1cccc1)N1CCN(c2cccc(Cl)c2)CC1. The molecule has 4 aromatic rings. The molecule has 0 radical (unpaired) electrons. The van der Waals surface area contributed by atoms with Crippen LogP contribution in [-0.4, -0.2) is 46.5 Å². The maximum atomic E-state index is 13.4. The molecule has 3 aromatic heterocycles. The highest BCUT2D eigenvalue weighted by Gasteiger charge is 2.27. The molecule has 1 saturated heterocycles. The van der Waals surface area contributed by atoms with Crippen LogP contribution in [0.3, 0.4) is 0 Å². The Kier molecular flexibility index (Phi) is 4.73. The Morgan fingerprint density at radius 2 is 1.79 bits per heavy atom. The predicted octanol–water partition coefficient (Wildman–Crippen LogP) is 4.70. The molecule has 0 atom stereocenters. The normalized spacial score (nSPS) is 14.5. The molecule has 1 fully saturated rings. The number of carbonyl (C=O) groups excluding carboxylic acids is 1. The Morgan fingerprint density at radius 3 is 2.55 bits per heavy atom. The molecular formula is C22H19ClN4OS. The summed E-state index contributed by atoms with van der Waals surface area (Å²) in [7, 11) is 0. The third-order valence-electron chi connectivity index (χ3n) is 5.24. The van der Waals surface area contributed by atoms with Crippen LogP contribution in [0.15, 0.2) is 67.1 Å². The van der Waals surface area contributed by atoms with Crippen LogP contribution in [0.25, 0.3) is 15.9 Å². The van der Waals surface area contributed by atoms with E-state index in [1.165, 1.54) is 11.3 Å². The second kappa shape index (κ2) is 7.54.